The van der Waals surface area contributed by atoms with Crippen molar-refractivity contribution in [1.29, 1.82) is 0 Å². The topological polar surface area (TPSA) is 67.4 Å². The van der Waals surface area contributed by atoms with Crippen molar-refractivity contribution < 1.29 is 14.3 Å². The van der Waals surface area contributed by atoms with Gasteiger partial charge in [0.15, 0.2) is 0 Å². The molecule has 25 heavy (non-hydrogen) atoms. The van der Waals surface area contributed by atoms with Gasteiger partial charge in [0.1, 0.15) is 11.6 Å². The van der Waals surface area contributed by atoms with E-state index in [2.05, 4.69) is 10.6 Å². The first kappa shape index (κ1) is 21.4. The highest BCUT2D eigenvalue weighted by Gasteiger charge is 2.28. The van der Waals surface area contributed by atoms with Crippen LogP contribution < -0.4 is 10.6 Å². The summed E-state index contributed by atoms with van der Waals surface area (Å²) in [6, 6.07) is 9.08. The Kier molecular flexibility index (Phi) is 8.29. The molecule has 5 nitrogen and oxygen atoms in total. The number of hydrogen-bond acceptors (Lipinski definition) is 4. The molecule has 0 fully saturated rings. The Balaban J connectivity index is 2.82. The second-order valence-electron chi connectivity index (χ2n) is 7.30. The molecule has 0 aliphatic heterocycles. The maximum Gasteiger partial charge on any atom is 0.408 e. The lowest BCUT2D eigenvalue weighted by atomic mass is 10.0. The van der Waals surface area contributed by atoms with Gasteiger partial charge in [-0.3, -0.25) is 4.79 Å². The molecule has 0 saturated carbocycles. The van der Waals surface area contributed by atoms with E-state index in [1.165, 1.54) is 0 Å². The minimum atomic E-state index is -0.650. The van der Waals surface area contributed by atoms with Crippen LogP contribution in [-0.2, 0) is 9.53 Å². The molecule has 6 heteroatoms. The zero-order chi connectivity index (χ0) is 19.0. The normalized spacial score (nSPS) is 13.9. The van der Waals surface area contributed by atoms with E-state index in [1.807, 2.05) is 50.4 Å². The first-order chi connectivity index (χ1) is 11.6. The molecule has 2 amide bonds. The van der Waals surface area contributed by atoms with Gasteiger partial charge < -0.3 is 15.4 Å². The van der Waals surface area contributed by atoms with E-state index >= 15 is 0 Å². The zero-order valence-corrected chi connectivity index (χ0v) is 16.8. The van der Waals surface area contributed by atoms with Crippen LogP contribution in [0.3, 0.4) is 0 Å². The predicted molar refractivity (Wildman–Crippen MR) is 104 cm³/mol. The third-order valence-electron chi connectivity index (χ3n) is 3.47. The molecule has 2 atom stereocenters. The highest BCUT2D eigenvalue weighted by Crippen LogP contribution is 2.18. The number of rotatable bonds is 7. The van der Waals surface area contributed by atoms with E-state index < -0.39 is 17.7 Å². The number of hydrogen-bond donors (Lipinski definition) is 2. The van der Waals surface area contributed by atoms with Gasteiger partial charge in [0.05, 0.1) is 6.04 Å². The van der Waals surface area contributed by atoms with Crippen molar-refractivity contribution in [2.75, 3.05) is 12.0 Å². The number of nitrogens with one attached hydrogen (secondary N) is 2. The quantitative estimate of drug-likeness (QED) is 0.771. The molecule has 0 aliphatic carbocycles. The Hall–Kier alpha value is -1.69. The van der Waals surface area contributed by atoms with Gasteiger partial charge in [0.25, 0.3) is 0 Å². The molecule has 0 aliphatic rings. The van der Waals surface area contributed by atoms with Crippen molar-refractivity contribution in [2.45, 2.75) is 52.3 Å². The van der Waals surface area contributed by atoms with Crippen molar-refractivity contribution in [3.8, 4) is 0 Å². The molecule has 0 spiro atoms. The van der Waals surface area contributed by atoms with E-state index in [9.17, 15) is 9.59 Å². The van der Waals surface area contributed by atoms with Crippen LogP contribution in [0.1, 0.15) is 46.2 Å². The van der Waals surface area contributed by atoms with Gasteiger partial charge >= 0.3 is 6.09 Å². The summed E-state index contributed by atoms with van der Waals surface area (Å²) in [7, 11) is 0. The summed E-state index contributed by atoms with van der Waals surface area (Å²) in [4.78, 5) is 24.8. The van der Waals surface area contributed by atoms with E-state index in [0.717, 1.165) is 11.3 Å². The Labute approximate surface area is 155 Å². The average molecular weight is 367 g/mol. The van der Waals surface area contributed by atoms with E-state index in [0.29, 0.717) is 0 Å². The summed E-state index contributed by atoms with van der Waals surface area (Å²) in [5.41, 5.74) is 0.443. The molecule has 0 aromatic heterocycles. The van der Waals surface area contributed by atoms with Gasteiger partial charge in [-0.05, 0) is 38.5 Å². The summed E-state index contributed by atoms with van der Waals surface area (Å²) >= 11 is 1.66. The van der Waals surface area contributed by atoms with Gasteiger partial charge in [0.2, 0.25) is 5.91 Å². The fraction of sp³-hybridized carbons (Fsp3) is 0.579. The van der Waals surface area contributed by atoms with Crippen molar-refractivity contribution in [3.05, 3.63) is 35.9 Å². The molecular formula is C19H30N2O3S. The fourth-order valence-electron chi connectivity index (χ4n) is 2.30. The maximum absolute atomic E-state index is 12.8. The average Bonchev–Trinajstić information content (AvgIpc) is 2.51. The minimum Gasteiger partial charge on any atom is -0.444 e. The number of alkyl carbamates (subject to hydrolysis) is 1. The van der Waals surface area contributed by atoms with Crippen LogP contribution in [-0.4, -0.2) is 35.7 Å². The number of carbonyl (C=O) groups is 2. The number of ether oxygens (including phenoxy) is 1. The molecule has 2 N–H and O–H groups in total. The van der Waals surface area contributed by atoms with Crippen molar-refractivity contribution in [3.63, 3.8) is 0 Å². The van der Waals surface area contributed by atoms with E-state index in [-0.39, 0.29) is 17.9 Å². The minimum absolute atomic E-state index is 0.0572. The largest absolute Gasteiger partial charge is 0.444 e. The SMILES string of the molecule is CSC[C@H](NC(=O)[C@H](NC(=O)OC(C)(C)C)C(C)C)c1ccccc1. The van der Waals surface area contributed by atoms with Crippen LogP contribution in [0.2, 0.25) is 0 Å². The van der Waals surface area contributed by atoms with E-state index in [1.54, 1.807) is 32.5 Å². The number of thioether (sulfide) groups is 1. The second-order valence-corrected chi connectivity index (χ2v) is 8.21. The van der Waals surface area contributed by atoms with Crippen LogP contribution in [0.4, 0.5) is 4.79 Å². The molecular weight excluding hydrogens is 336 g/mol. The van der Waals surface area contributed by atoms with Crippen LogP contribution in [0, 0.1) is 5.92 Å². The Morgan fingerprint density at radius 3 is 2.20 bits per heavy atom. The van der Waals surface area contributed by atoms with Crippen molar-refractivity contribution in [1.82, 2.24) is 10.6 Å². The lowest BCUT2D eigenvalue weighted by Gasteiger charge is -2.27. The predicted octanol–water partition coefficient (Wildman–Crippen LogP) is 3.76. The monoisotopic (exact) mass is 366 g/mol. The van der Waals surface area contributed by atoms with Crippen LogP contribution in [0.5, 0.6) is 0 Å². The molecule has 0 heterocycles. The highest BCUT2D eigenvalue weighted by molar-refractivity contribution is 7.98. The van der Waals surface area contributed by atoms with E-state index in [4.69, 9.17) is 4.74 Å². The summed E-state index contributed by atoms with van der Waals surface area (Å²) in [6.07, 6.45) is 1.42. The maximum atomic E-state index is 12.8. The highest BCUT2D eigenvalue weighted by atomic mass is 32.2. The molecule has 0 unspecified atom stereocenters. The lowest BCUT2D eigenvalue weighted by molar-refractivity contribution is -0.124. The first-order valence-electron chi connectivity index (χ1n) is 8.48. The van der Waals surface area contributed by atoms with Gasteiger partial charge in [0, 0.05) is 5.75 Å². The summed E-state index contributed by atoms with van der Waals surface area (Å²) in [6.45, 7) is 9.17. The lowest BCUT2D eigenvalue weighted by Crippen LogP contribution is -2.51. The van der Waals surface area contributed by atoms with Crippen LogP contribution >= 0.6 is 11.8 Å². The Bertz CT molecular complexity index is 556. The molecule has 0 saturated heterocycles. The molecule has 1 aromatic carbocycles. The second kappa shape index (κ2) is 9.70. The summed E-state index contributed by atoms with van der Waals surface area (Å²) in [5.74, 6) is 0.495. The summed E-state index contributed by atoms with van der Waals surface area (Å²) < 4.78 is 5.27. The standard InChI is InChI=1S/C19H30N2O3S/c1-13(2)16(21-18(23)24-19(3,4)5)17(22)20-15(12-25-6)14-10-8-7-9-11-14/h7-11,13,15-16H,12H2,1-6H3,(H,20,22)(H,21,23)/t15-,16+/m0/s1. The molecule has 0 radical (unpaired) electrons. The van der Waals surface area contributed by atoms with Gasteiger partial charge in [-0.2, -0.15) is 11.8 Å². The number of benzene rings is 1. The molecule has 140 valence electrons. The zero-order valence-electron chi connectivity index (χ0n) is 16.0. The van der Waals surface area contributed by atoms with Crippen molar-refractivity contribution in [2.24, 2.45) is 5.92 Å². The van der Waals surface area contributed by atoms with Crippen LogP contribution in [0.25, 0.3) is 0 Å². The molecule has 1 rings (SSSR count). The number of carbonyl (C=O) groups excluding carboxylic acids is 2. The Morgan fingerprint density at radius 2 is 1.72 bits per heavy atom. The third kappa shape index (κ3) is 7.82. The van der Waals surface area contributed by atoms with Gasteiger partial charge in [-0.15, -0.1) is 0 Å². The number of amides is 2. The smallest absolute Gasteiger partial charge is 0.408 e. The van der Waals surface area contributed by atoms with Crippen LogP contribution in [0.15, 0.2) is 30.3 Å². The summed E-state index contributed by atoms with van der Waals surface area (Å²) in [5, 5.41) is 5.75. The van der Waals surface area contributed by atoms with Crippen molar-refractivity contribution >= 4 is 23.8 Å². The Morgan fingerprint density at radius 1 is 1.12 bits per heavy atom. The molecule has 0 bridgehead atoms. The fourth-order valence-corrected chi connectivity index (χ4v) is 2.91. The molecule has 1 aromatic rings. The van der Waals surface area contributed by atoms with Gasteiger partial charge in [-0.1, -0.05) is 44.2 Å². The first-order valence-corrected chi connectivity index (χ1v) is 9.87. The third-order valence-corrected chi connectivity index (χ3v) is 4.14. The van der Waals surface area contributed by atoms with Gasteiger partial charge in [-0.25, -0.2) is 4.79 Å².